The molecule has 0 aliphatic carbocycles. The van der Waals surface area contributed by atoms with Crippen molar-refractivity contribution < 1.29 is 34.4 Å². The number of hydrogen-bond acceptors (Lipinski definition) is 5. The van der Waals surface area contributed by atoms with Crippen LogP contribution in [0.2, 0.25) is 0 Å². The molecule has 0 fully saturated rings. The van der Waals surface area contributed by atoms with Crippen molar-refractivity contribution in [1.29, 1.82) is 0 Å². The Hall–Kier alpha value is -3.57. The molecule has 0 aliphatic heterocycles. The minimum Gasteiger partial charge on any atom is -0.512 e. The number of hydrogen-bond donors (Lipinski definition) is 1. The van der Waals surface area contributed by atoms with E-state index in [4.69, 9.17) is 9.40 Å². The molecule has 3 aromatic heterocycles. The first kappa shape index (κ1) is 41.2. The van der Waals surface area contributed by atoms with Crippen LogP contribution < -0.4 is 0 Å². The quantitative estimate of drug-likeness (QED) is 0.0892. The number of aliphatic hydroxyl groups is 1. The molecule has 277 valence electrons. The molecule has 6 rings (SSSR count). The molecular formula is C46H54IrNO3S-. The van der Waals surface area contributed by atoms with Crippen LogP contribution in [-0.4, -0.2) is 15.9 Å². The number of fused-ring (bicyclic) bond motifs is 4. The Morgan fingerprint density at radius 2 is 1.50 bits per heavy atom. The van der Waals surface area contributed by atoms with Gasteiger partial charge in [-0.2, -0.15) is 0 Å². The van der Waals surface area contributed by atoms with E-state index in [1.54, 1.807) is 11.3 Å². The molecular weight excluding hydrogens is 839 g/mol. The molecule has 52 heavy (non-hydrogen) atoms. The van der Waals surface area contributed by atoms with Crippen LogP contribution >= 0.6 is 11.3 Å². The number of thiophene rings is 1. The van der Waals surface area contributed by atoms with Gasteiger partial charge in [-0.05, 0) is 76.0 Å². The van der Waals surface area contributed by atoms with Gasteiger partial charge in [0.2, 0.25) is 0 Å². The van der Waals surface area contributed by atoms with Crippen molar-refractivity contribution in [3.05, 3.63) is 100 Å². The molecule has 3 heterocycles. The topological polar surface area (TPSA) is 63.3 Å². The van der Waals surface area contributed by atoms with E-state index in [2.05, 4.69) is 103 Å². The minimum atomic E-state index is 0. The third-order valence-corrected chi connectivity index (χ3v) is 11.6. The second kappa shape index (κ2) is 17.1. The zero-order valence-corrected chi connectivity index (χ0v) is 35.9. The summed E-state index contributed by atoms with van der Waals surface area (Å²) in [4.78, 5) is 16.6. The molecule has 0 aliphatic rings. The zero-order chi connectivity index (χ0) is 37.2. The van der Waals surface area contributed by atoms with Gasteiger partial charge in [-0.3, -0.25) is 9.78 Å². The maximum Gasteiger partial charge on any atom is 0.162 e. The minimum absolute atomic E-state index is 0. The van der Waals surface area contributed by atoms with Gasteiger partial charge in [-0.25, -0.2) is 0 Å². The van der Waals surface area contributed by atoms with Crippen molar-refractivity contribution in [1.82, 2.24) is 4.98 Å². The standard InChI is InChI=1S/C33H30NOS.C13H24O2.Ir/c1-18-14-19(2)27(20(3)15-18)29-21(4)31-30(35-29)25-12-13-34-28(32(25)36-31)23-16-22-10-8-9-11-24(22)26(17-23)33(5,6)7;1-5-10(6-2)12(14)9-13(15)11(7-3)8-4;/h8-15,17H,1-7H3;9-11,14H,5-8H2,1-4H3;/q-1;;/b;12-9-;. The van der Waals surface area contributed by atoms with Crippen molar-refractivity contribution in [3.8, 4) is 22.6 Å². The number of aliphatic hydroxyl groups excluding tert-OH is 1. The van der Waals surface area contributed by atoms with Crippen molar-refractivity contribution in [3.63, 3.8) is 0 Å². The average Bonchev–Trinajstić information content (AvgIpc) is 3.60. The summed E-state index contributed by atoms with van der Waals surface area (Å²) in [6.07, 6.45) is 6.81. The Bertz CT molecular complexity index is 2200. The fourth-order valence-electron chi connectivity index (χ4n) is 7.36. The van der Waals surface area contributed by atoms with E-state index in [1.807, 2.05) is 33.9 Å². The number of nitrogens with zero attached hydrogens (tertiary/aromatic N) is 1. The summed E-state index contributed by atoms with van der Waals surface area (Å²) < 4.78 is 9.01. The van der Waals surface area contributed by atoms with E-state index < -0.39 is 0 Å². The van der Waals surface area contributed by atoms with Crippen LogP contribution in [0, 0.1) is 45.6 Å². The second-order valence-corrected chi connectivity index (χ2v) is 16.0. The largest absolute Gasteiger partial charge is 0.512 e. The van der Waals surface area contributed by atoms with E-state index in [9.17, 15) is 9.90 Å². The summed E-state index contributed by atoms with van der Waals surface area (Å²) in [6.45, 7) is 23.6. The van der Waals surface area contributed by atoms with Gasteiger partial charge in [-0.15, -0.1) is 40.5 Å². The van der Waals surface area contributed by atoms with Crippen LogP contribution in [0.4, 0.5) is 0 Å². The maximum absolute atomic E-state index is 11.7. The first-order chi connectivity index (χ1) is 24.2. The number of benzene rings is 3. The Kier molecular flexibility index (Phi) is 13.5. The van der Waals surface area contributed by atoms with Crippen LogP contribution in [-0.2, 0) is 30.3 Å². The van der Waals surface area contributed by atoms with Gasteiger partial charge < -0.3 is 9.52 Å². The van der Waals surface area contributed by atoms with E-state index in [1.165, 1.54) is 49.5 Å². The van der Waals surface area contributed by atoms with Crippen molar-refractivity contribution in [2.24, 2.45) is 11.8 Å². The van der Waals surface area contributed by atoms with Gasteiger partial charge >= 0.3 is 0 Å². The third kappa shape index (κ3) is 8.30. The molecule has 0 spiro atoms. The third-order valence-electron chi connectivity index (χ3n) is 10.3. The van der Waals surface area contributed by atoms with Gasteiger partial charge in [-0.1, -0.05) is 95.3 Å². The Morgan fingerprint density at radius 3 is 2.10 bits per heavy atom. The Morgan fingerprint density at radius 1 is 0.885 bits per heavy atom. The number of allylic oxidation sites excluding steroid dienone is 2. The van der Waals surface area contributed by atoms with Gasteiger partial charge in [0.05, 0.1) is 10.5 Å². The number of aryl methyl sites for hydroxylation is 4. The Labute approximate surface area is 328 Å². The predicted molar refractivity (Wildman–Crippen MR) is 218 cm³/mol. The number of pyridine rings is 1. The SMILES string of the molecule is CCC(CC)C(=O)/C=C(\O)C(CC)CC.Cc1cc(C)c(-c2oc3c(sc4c(-c5[c-]c6ccccc6c(C(C)(C)C)c5)nccc43)c2C)c(C)c1.[Ir]. The van der Waals surface area contributed by atoms with E-state index in [0.717, 1.165) is 63.8 Å². The molecule has 0 atom stereocenters. The summed E-state index contributed by atoms with van der Waals surface area (Å²) >= 11 is 1.78. The molecule has 6 heteroatoms. The first-order valence-corrected chi connectivity index (χ1v) is 19.3. The van der Waals surface area contributed by atoms with E-state index in [-0.39, 0.29) is 48.9 Å². The molecule has 0 unspecified atom stereocenters. The molecule has 0 amide bonds. The summed E-state index contributed by atoms with van der Waals surface area (Å²) in [6, 6.07) is 21.1. The predicted octanol–water partition coefficient (Wildman–Crippen LogP) is 13.7. The van der Waals surface area contributed by atoms with E-state index in [0.29, 0.717) is 0 Å². The van der Waals surface area contributed by atoms with Gasteiger partial charge in [0.15, 0.2) is 11.4 Å². The van der Waals surface area contributed by atoms with Crippen LogP contribution in [0.3, 0.4) is 0 Å². The van der Waals surface area contributed by atoms with Gasteiger partial charge in [0.25, 0.3) is 0 Å². The molecule has 3 aromatic carbocycles. The number of rotatable bonds is 9. The molecule has 6 aromatic rings. The fourth-order valence-corrected chi connectivity index (χ4v) is 8.58. The molecule has 1 N–H and O–H groups in total. The normalized spacial score (nSPS) is 12.1. The van der Waals surface area contributed by atoms with Crippen LogP contribution in [0.25, 0.3) is 53.7 Å². The average molecular weight is 893 g/mol. The first-order valence-electron chi connectivity index (χ1n) is 18.5. The summed E-state index contributed by atoms with van der Waals surface area (Å²) in [7, 11) is 0. The van der Waals surface area contributed by atoms with Crippen molar-refractivity contribution >= 4 is 48.3 Å². The van der Waals surface area contributed by atoms with Crippen molar-refractivity contribution in [2.45, 2.75) is 107 Å². The fraction of sp³-hybridized carbons (Fsp3) is 0.391. The summed E-state index contributed by atoms with van der Waals surface area (Å²) in [5, 5.41) is 13.3. The summed E-state index contributed by atoms with van der Waals surface area (Å²) in [5.41, 5.74) is 10.5. The number of furan rings is 1. The number of carbonyl (C=O) groups is 1. The zero-order valence-electron chi connectivity index (χ0n) is 32.7. The molecule has 0 bridgehead atoms. The smallest absolute Gasteiger partial charge is 0.162 e. The van der Waals surface area contributed by atoms with Crippen LogP contribution in [0.5, 0.6) is 0 Å². The molecule has 1 radical (unpaired) electrons. The van der Waals surface area contributed by atoms with E-state index >= 15 is 0 Å². The summed E-state index contributed by atoms with van der Waals surface area (Å²) in [5.74, 6) is 1.53. The molecule has 0 saturated heterocycles. The Balaban J connectivity index is 0.000000323. The van der Waals surface area contributed by atoms with Gasteiger partial charge in [0.1, 0.15) is 5.76 Å². The number of aromatic nitrogens is 1. The van der Waals surface area contributed by atoms with Crippen molar-refractivity contribution in [2.75, 3.05) is 0 Å². The maximum atomic E-state index is 11.7. The van der Waals surface area contributed by atoms with Crippen LogP contribution in [0.1, 0.15) is 102 Å². The number of carbonyl (C=O) groups excluding carboxylic acids is 1. The van der Waals surface area contributed by atoms with Gasteiger partial charge in [0, 0.05) is 71.1 Å². The van der Waals surface area contributed by atoms with Crippen LogP contribution in [0.15, 0.2) is 71.0 Å². The molecule has 0 saturated carbocycles. The monoisotopic (exact) mass is 893 g/mol. The number of ketones is 1. The molecule has 4 nitrogen and oxygen atoms in total. The second-order valence-electron chi connectivity index (χ2n) is 15.0.